The van der Waals surface area contributed by atoms with Gasteiger partial charge in [-0.1, -0.05) is 18.2 Å². The third-order valence-electron chi connectivity index (χ3n) is 3.33. The number of para-hydroxylation sites is 1. The molecular formula is C15H26N2O2S. The van der Waals surface area contributed by atoms with Gasteiger partial charge in [-0.2, -0.15) is 0 Å². The van der Waals surface area contributed by atoms with Crippen molar-refractivity contribution in [3.8, 4) is 0 Å². The Hall–Kier alpha value is -1.07. The van der Waals surface area contributed by atoms with Crippen LogP contribution in [0.25, 0.3) is 0 Å². The summed E-state index contributed by atoms with van der Waals surface area (Å²) in [6, 6.07) is 10.2. The molecule has 0 aromatic heterocycles. The number of anilines is 1. The van der Waals surface area contributed by atoms with E-state index in [-0.39, 0.29) is 11.0 Å². The Morgan fingerprint density at radius 2 is 1.80 bits per heavy atom. The van der Waals surface area contributed by atoms with Crippen molar-refractivity contribution in [3.05, 3.63) is 30.3 Å². The lowest BCUT2D eigenvalue weighted by molar-refractivity contribution is 0.580. The SMILES string of the molecule is CC(C)S(=O)(=O)CCNCCCN(C)c1ccccc1. The first-order valence-corrected chi connectivity index (χ1v) is 8.83. The topological polar surface area (TPSA) is 49.4 Å². The molecule has 1 aromatic carbocycles. The van der Waals surface area contributed by atoms with Gasteiger partial charge in [-0.3, -0.25) is 0 Å². The average Bonchev–Trinajstić information content (AvgIpc) is 2.43. The summed E-state index contributed by atoms with van der Waals surface area (Å²) in [5.41, 5.74) is 1.20. The summed E-state index contributed by atoms with van der Waals surface area (Å²) in [5.74, 6) is 0.221. The summed E-state index contributed by atoms with van der Waals surface area (Å²) in [5, 5.41) is 2.91. The number of sulfone groups is 1. The largest absolute Gasteiger partial charge is 0.375 e. The molecule has 0 fully saturated rings. The van der Waals surface area contributed by atoms with Gasteiger partial charge in [0.1, 0.15) is 0 Å². The highest BCUT2D eigenvalue weighted by Crippen LogP contribution is 2.10. The van der Waals surface area contributed by atoms with Crippen molar-refractivity contribution in [1.82, 2.24) is 5.32 Å². The smallest absolute Gasteiger partial charge is 0.153 e. The minimum absolute atomic E-state index is 0.221. The fraction of sp³-hybridized carbons (Fsp3) is 0.600. The molecule has 0 bridgehead atoms. The van der Waals surface area contributed by atoms with Crippen molar-refractivity contribution >= 4 is 15.5 Å². The van der Waals surface area contributed by atoms with E-state index in [1.807, 2.05) is 18.2 Å². The molecule has 1 aromatic rings. The lowest BCUT2D eigenvalue weighted by atomic mass is 10.3. The highest BCUT2D eigenvalue weighted by atomic mass is 32.2. The molecule has 0 unspecified atom stereocenters. The molecule has 0 aliphatic carbocycles. The predicted octanol–water partition coefficient (Wildman–Crippen LogP) is 1.93. The van der Waals surface area contributed by atoms with Gasteiger partial charge >= 0.3 is 0 Å². The van der Waals surface area contributed by atoms with Crippen molar-refractivity contribution in [1.29, 1.82) is 0 Å². The van der Waals surface area contributed by atoms with Gasteiger partial charge in [-0.05, 0) is 38.9 Å². The Morgan fingerprint density at radius 1 is 1.15 bits per heavy atom. The highest BCUT2D eigenvalue weighted by molar-refractivity contribution is 7.92. The van der Waals surface area contributed by atoms with Crippen LogP contribution in [0.3, 0.4) is 0 Å². The number of hydrogen-bond donors (Lipinski definition) is 1. The molecule has 0 aliphatic rings. The van der Waals surface area contributed by atoms with Crippen molar-refractivity contribution in [2.45, 2.75) is 25.5 Å². The molecular weight excluding hydrogens is 272 g/mol. The molecule has 0 saturated heterocycles. The Morgan fingerprint density at radius 3 is 2.40 bits per heavy atom. The maximum Gasteiger partial charge on any atom is 0.153 e. The second kappa shape index (κ2) is 8.27. The second-order valence-corrected chi connectivity index (χ2v) is 7.95. The molecule has 4 nitrogen and oxygen atoms in total. The van der Waals surface area contributed by atoms with Crippen LogP contribution in [0.5, 0.6) is 0 Å². The first-order chi connectivity index (χ1) is 9.43. The molecule has 114 valence electrons. The Balaban J connectivity index is 2.14. The second-order valence-electron chi connectivity index (χ2n) is 5.28. The summed E-state index contributed by atoms with van der Waals surface area (Å²) >= 11 is 0. The summed E-state index contributed by atoms with van der Waals surface area (Å²) in [7, 11) is -0.850. The van der Waals surface area contributed by atoms with E-state index in [0.29, 0.717) is 6.54 Å². The van der Waals surface area contributed by atoms with Crippen LogP contribution in [0.15, 0.2) is 30.3 Å². The molecule has 0 spiro atoms. The van der Waals surface area contributed by atoms with Gasteiger partial charge in [0, 0.05) is 25.8 Å². The van der Waals surface area contributed by atoms with Gasteiger partial charge < -0.3 is 10.2 Å². The number of nitrogens with one attached hydrogen (secondary N) is 1. The highest BCUT2D eigenvalue weighted by Gasteiger charge is 2.14. The molecule has 0 radical (unpaired) electrons. The van der Waals surface area contributed by atoms with Gasteiger partial charge in [0.05, 0.1) is 11.0 Å². The predicted molar refractivity (Wildman–Crippen MR) is 86.1 cm³/mol. The van der Waals surface area contributed by atoms with E-state index >= 15 is 0 Å². The van der Waals surface area contributed by atoms with Crippen LogP contribution in [0.4, 0.5) is 5.69 Å². The van der Waals surface area contributed by atoms with Crippen LogP contribution < -0.4 is 10.2 Å². The molecule has 0 aliphatic heterocycles. The number of benzene rings is 1. The molecule has 20 heavy (non-hydrogen) atoms. The zero-order chi connectivity index (χ0) is 15.0. The standard InChI is InChI=1S/C15H26N2O2S/c1-14(2)20(18,19)13-11-16-10-7-12-17(3)15-8-5-4-6-9-15/h4-6,8-9,14,16H,7,10-13H2,1-3H3. The van der Waals surface area contributed by atoms with Crippen LogP contribution >= 0.6 is 0 Å². The minimum Gasteiger partial charge on any atom is -0.375 e. The third kappa shape index (κ3) is 5.92. The summed E-state index contributed by atoms with van der Waals surface area (Å²) < 4.78 is 23.2. The van der Waals surface area contributed by atoms with E-state index < -0.39 is 9.84 Å². The van der Waals surface area contributed by atoms with Gasteiger partial charge in [0.15, 0.2) is 9.84 Å². The summed E-state index contributed by atoms with van der Waals surface area (Å²) in [6.07, 6.45) is 0.993. The first-order valence-electron chi connectivity index (χ1n) is 7.12. The van der Waals surface area contributed by atoms with Crippen LogP contribution in [-0.4, -0.2) is 46.1 Å². The molecule has 0 atom stereocenters. The van der Waals surface area contributed by atoms with Gasteiger partial charge in [-0.25, -0.2) is 8.42 Å². The van der Waals surface area contributed by atoms with Gasteiger partial charge in [0.25, 0.3) is 0 Å². The van der Waals surface area contributed by atoms with Crippen molar-refractivity contribution in [2.24, 2.45) is 0 Å². The lowest BCUT2D eigenvalue weighted by Gasteiger charge is -2.19. The molecule has 0 amide bonds. The van der Waals surface area contributed by atoms with Crippen LogP contribution in [0.1, 0.15) is 20.3 Å². The van der Waals surface area contributed by atoms with E-state index in [0.717, 1.165) is 19.5 Å². The quantitative estimate of drug-likeness (QED) is 0.708. The van der Waals surface area contributed by atoms with Crippen molar-refractivity contribution in [3.63, 3.8) is 0 Å². The van der Waals surface area contributed by atoms with E-state index in [1.165, 1.54) is 5.69 Å². The monoisotopic (exact) mass is 298 g/mol. The zero-order valence-corrected chi connectivity index (χ0v) is 13.5. The van der Waals surface area contributed by atoms with E-state index in [4.69, 9.17) is 0 Å². The minimum atomic E-state index is -2.92. The maximum atomic E-state index is 11.6. The van der Waals surface area contributed by atoms with Crippen LogP contribution in [0.2, 0.25) is 0 Å². The van der Waals surface area contributed by atoms with E-state index in [1.54, 1.807) is 13.8 Å². The fourth-order valence-corrected chi connectivity index (χ4v) is 2.73. The molecule has 0 heterocycles. The Kier molecular flexibility index (Phi) is 7.02. The molecule has 5 heteroatoms. The van der Waals surface area contributed by atoms with Gasteiger partial charge in [-0.15, -0.1) is 0 Å². The third-order valence-corrected chi connectivity index (χ3v) is 5.54. The Labute approximate surface area is 123 Å². The van der Waals surface area contributed by atoms with Crippen molar-refractivity contribution < 1.29 is 8.42 Å². The Bertz CT molecular complexity index is 472. The van der Waals surface area contributed by atoms with Gasteiger partial charge in [0.2, 0.25) is 0 Å². The lowest BCUT2D eigenvalue weighted by Crippen LogP contribution is -2.29. The average molecular weight is 298 g/mol. The normalized spacial score (nSPS) is 11.8. The molecule has 1 N–H and O–H groups in total. The van der Waals surface area contributed by atoms with Crippen LogP contribution in [0, 0.1) is 0 Å². The number of rotatable bonds is 9. The van der Waals surface area contributed by atoms with E-state index in [9.17, 15) is 8.42 Å². The first kappa shape index (κ1) is 17.0. The number of hydrogen-bond acceptors (Lipinski definition) is 4. The summed E-state index contributed by atoms with van der Waals surface area (Å²) in [6.45, 7) is 5.78. The van der Waals surface area contributed by atoms with E-state index in [2.05, 4.69) is 29.4 Å². The number of nitrogens with zero attached hydrogens (tertiary/aromatic N) is 1. The van der Waals surface area contributed by atoms with Crippen LogP contribution in [-0.2, 0) is 9.84 Å². The summed E-state index contributed by atoms with van der Waals surface area (Å²) in [4.78, 5) is 2.20. The molecule has 1 rings (SSSR count). The molecule has 0 saturated carbocycles. The maximum absolute atomic E-state index is 11.6. The van der Waals surface area contributed by atoms with Crippen molar-refractivity contribution in [2.75, 3.05) is 37.3 Å². The zero-order valence-electron chi connectivity index (χ0n) is 12.7. The fourth-order valence-electron chi connectivity index (χ4n) is 1.83.